The fourth-order valence-corrected chi connectivity index (χ4v) is 2.62. The molecule has 1 atom stereocenters. The highest BCUT2D eigenvalue weighted by atomic mass is 16.6. The van der Waals surface area contributed by atoms with Crippen LogP contribution in [0, 0.1) is 0 Å². The van der Waals surface area contributed by atoms with Gasteiger partial charge in [-0.05, 0) is 33.6 Å². The summed E-state index contributed by atoms with van der Waals surface area (Å²) in [4.78, 5) is 38.9. The molecule has 2 fully saturated rings. The number of hydrogen-bond acceptors (Lipinski definition) is 5. The van der Waals surface area contributed by atoms with Crippen LogP contribution in [-0.2, 0) is 19.1 Å². The van der Waals surface area contributed by atoms with Crippen LogP contribution >= 0.6 is 0 Å². The second-order valence-corrected chi connectivity index (χ2v) is 7.16. The zero-order valence-electron chi connectivity index (χ0n) is 14.7. The van der Waals surface area contributed by atoms with E-state index in [0.29, 0.717) is 19.6 Å². The van der Waals surface area contributed by atoms with Crippen LogP contribution in [-0.4, -0.2) is 78.7 Å². The van der Waals surface area contributed by atoms with Gasteiger partial charge in [0.2, 0.25) is 11.8 Å². The molecule has 0 saturated carbocycles. The number of rotatable bonds is 4. The highest BCUT2D eigenvalue weighted by molar-refractivity contribution is 5.88. The van der Waals surface area contributed by atoms with Crippen LogP contribution in [0.15, 0.2) is 0 Å². The molecule has 1 N–H and O–H groups in total. The van der Waals surface area contributed by atoms with Gasteiger partial charge in [0.05, 0.1) is 12.6 Å². The molecule has 8 nitrogen and oxygen atoms in total. The summed E-state index contributed by atoms with van der Waals surface area (Å²) in [6.45, 7) is 7.19. The Balaban J connectivity index is 1.73. The molecule has 2 heterocycles. The van der Waals surface area contributed by atoms with E-state index < -0.39 is 11.7 Å². The number of nitrogens with zero attached hydrogens (tertiary/aromatic N) is 2. The molecule has 2 saturated heterocycles. The normalized spacial score (nSPS) is 21.8. The van der Waals surface area contributed by atoms with E-state index in [2.05, 4.69) is 5.32 Å². The Hall–Kier alpha value is -1.83. The third kappa shape index (κ3) is 5.67. The average molecular weight is 341 g/mol. The first-order valence-electron chi connectivity index (χ1n) is 8.38. The fraction of sp³-hybridized carbons (Fsp3) is 0.812. The van der Waals surface area contributed by atoms with Crippen LogP contribution in [0.5, 0.6) is 0 Å². The van der Waals surface area contributed by atoms with Crippen molar-refractivity contribution in [2.75, 3.05) is 39.3 Å². The van der Waals surface area contributed by atoms with Crippen molar-refractivity contribution in [2.24, 2.45) is 0 Å². The highest BCUT2D eigenvalue weighted by Crippen LogP contribution is 2.13. The summed E-state index contributed by atoms with van der Waals surface area (Å²) in [6, 6.07) is 0. The number of ether oxygens (including phenoxy) is 2. The maximum absolute atomic E-state index is 12.1. The van der Waals surface area contributed by atoms with Gasteiger partial charge in [-0.1, -0.05) is 0 Å². The van der Waals surface area contributed by atoms with E-state index in [9.17, 15) is 14.4 Å². The minimum atomic E-state index is -0.598. The lowest BCUT2D eigenvalue weighted by atomic mass is 10.2. The molecule has 0 bridgehead atoms. The zero-order valence-corrected chi connectivity index (χ0v) is 14.7. The fourth-order valence-electron chi connectivity index (χ4n) is 2.62. The number of hydrogen-bond donors (Lipinski definition) is 1. The summed E-state index contributed by atoms with van der Waals surface area (Å²) in [5.74, 6) is -0.455. The molecular weight excluding hydrogens is 314 g/mol. The topological polar surface area (TPSA) is 88.2 Å². The van der Waals surface area contributed by atoms with Gasteiger partial charge in [-0.2, -0.15) is 0 Å². The zero-order chi connectivity index (χ0) is 17.7. The number of carbonyl (C=O) groups excluding carboxylic acids is 3. The second kappa shape index (κ2) is 7.83. The van der Waals surface area contributed by atoms with E-state index in [1.165, 1.54) is 9.80 Å². The SMILES string of the molecule is CC(C)(C)OC(=O)N1CCN(CC(=O)NC[C@H]2CCCO2)C(=O)C1. The Morgan fingerprint density at radius 3 is 2.67 bits per heavy atom. The van der Waals surface area contributed by atoms with Gasteiger partial charge in [0, 0.05) is 26.2 Å². The molecule has 2 aliphatic heterocycles. The number of carbonyl (C=O) groups is 3. The van der Waals surface area contributed by atoms with E-state index in [1.54, 1.807) is 20.8 Å². The van der Waals surface area contributed by atoms with Crippen molar-refractivity contribution in [3.05, 3.63) is 0 Å². The van der Waals surface area contributed by atoms with Crippen molar-refractivity contribution in [3.63, 3.8) is 0 Å². The molecule has 2 aliphatic rings. The lowest BCUT2D eigenvalue weighted by molar-refractivity contribution is -0.140. The van der Waals surface area contributed by atoms with Crippen molar-refractivity contribution in [3.8, 4) is 0 Å². The van der Waals surface area contributed by atoms with Gasteiger partial charge in [-0.25, -0.2) is 4.79 Å². The van der Waals surface area contributed by atoms with Gasteiger partial charge >= 0.3 is 6.09 Å². The smallest absolute Gasteiger partial charge is 0.410 e. The lowest BCUT2D eigenvalue weighted by Crippen LogP contribution is -2.55. The molecule has 0 radical (unpaired) electrons. The Labute approximate surface area is 142 Å². The van der Waals surface area contributed by atoms with Gasteiger partial charge < -0.3 is 19.7 Å². The second-order valence-electron chi connectivity index (χ2n) is 7.16. The van der Waals surface area contributed by atoms with E-state index in [0.717, 1.165) is 19.4 Å². The Bertz CT molecular complexity index is 483. The van der Waals surface area contributed by atoms with E-state index >= 15 is 0 Å². The van der Waals surface area contributed by atoms with Crippen molar-refractivity contribution >= 4 is 17.9 Å². The first kappa shape index (κ1) is 18.5. The van der Waals surface area contributed by atoms with Crippen LogP contribution in [0.25, 0.3) is 0 Å². The molecule has 24 heavy (non-hydrogen) atoms. The van der Waals surface area contributed by atoms with Crippen molar-refractivity contribution in [1.29, 1.82) is 0 Å². The maximum atomic E-state index is 12.1. The summed E-state index contributed by atoms with van der Waals surface area (Å²) in [5, 5.41) is 2.79. The monoisotopic (exact) mass is 341 g/mol. The predicted molar refractivity (Wildman–Crippen MR) is 86.4 cm³/mol. The third-order valence-electron chi connectivity index (χ3n) is 3.86. The first-order chi connectivity index (χ1) is 11.2. The minimum Gasteiger partial charge on any atom is -0.444 e. The van der Waals surface area contributed by atoms with Crippen LogP contribution in [0.3, 0.4) is 0 Å². The predicted octanol–water partition coefficient (Wildman–Crippen LogP) is 0.361. The highest BCUT2D eigenvalue weighted by Gasteiger charge is 2.31. The Morgan fingerprint density at radius 1 is 1.33 bits per heavy atom. The molecule has 0 aliphatic carbocycles. The maximum Gasteiger partial charge on any atom is 0.410 e. The Kier molecular flexibility index (Phi) is 6.04. The average Bonchev–Trinajstić information content (AvgIpc) is 2.99. The van der Waals surface area contributed by atoms with E-state index in [1.807, 2.05) is 0 Å². The molecule has 0 spiro atoms. The molecule has 0 unspecified atom stereocenters. The summed E-state index contributed by atoms with van der Waals surface area (Å²) >= 11 is 0. The Morgan fingerprint density at radius 2 is 2.08 bits per heavy atom. The van der Waals surface area contributed by atoms with Gasteiger partial charge in [0.15, 0.2) is 0 Å². The molecule has 0 aromatic heterocycles. The number of nitrogens with one attached hydrogen (secondary N) is 1. The summed E-state index contributed by atoms with van der Waals surface area (Å²) in [7, 11) is 0. The van der Waals surface area contributed by atoms with E-state index in [-0.39, 0.29) is 31.0 Å². The van der Waals surface area contributed by atoms with Crippen molar-refractivity contribution in [2.45, 2.75) is 45.3 Å². The lowest BCUT2D eigenvalue weighted by Gasteiger charge is -2.34. The summed E-state index contributed by atoms with van der Waals surface area (Å²) < 4.78 is 10.7. The molecule has 0 aromatic carbocycles. The van der Waals surface area contributed by atoms with Crippen LogP contribution in [0.2, 0.25) is 0 Å². The van der Waals surface area contributed by atoms with E-state index in [4.69, 9.17) is 9.47 Å². The number of amides is 3. The summed E-state index contributed by atoms with van der Waals surface area (Å²) in [5.41, 5.74) is -0.598. The largest absolute Gasteiger partial charge is 0.444 e. The van der Waals surface area contributed by atoms with Crippen molar-refractivity contribution < 1.29 is 23.9 Å². The van der Waals surface area contributed by atoms with Crippen LogP contribution in [0.4, 0.5) is 4.79 Å². The van der Waals surface area contributed by atoms with Crippen LogP contribution in [0.1, 0.15) is 33.6 Å². The van der Waals surface area contributed by atoms with Gasteiger partial charge in [-0.3, -0.25) is 14.5 Å². The summed E-state index contributed by atoms with van der Waals surface area (Å²) in [6.07, 6.45) is 1.55. The van der Waals surface area contributed by atoms with Gasteiger partial charge in [-0.15, -0.1) is 0 Å². The van der Waals surface area contributed by atoms with Crippen LogP contribution < -0.4 is 5.32 Å². The number of piperazine rings is 1. The van der Waals surface area contributed by atoms with Crippen molar-refractivity contribution in [1.82, 2.24) is 15.1 Å². The molecule has 0 aromatic rings. The van der Waals surface area contributed by atoms with Gasteiger partial charge in [0.1, 0.15) is 12.1 Å². The molecule has 8 heteroatoms. The molecule has 2 rings (SSSR count). The first-order valence-corrected chi connectivity index (χ1v) is 8.38. The molecule has 136 valence electrons. The quantitative estimate of drug-likeness (QED) is 0.798. The molecule has 3 amide bonds. The third-order valence-corrected chi connectivity index (χ3v) is 3.86. The molecular formula is C16H27N3O5. The minimum absolute atomic E-state index is 0.00765. The van der Waals surface area contributed by atoms with Gasteiger partial charge in [0.25, 0.3) is 0 Å². The standard InChI is InChI=1S/C16H27N3O5/c1-16(2,3)24-15(22)19-7-6-18(14(21)11-19)10-13(20)17-9-12-5-4-8-23-12/h12H,4-11H2,1-3H3,(H,17,20)/t12-/m1/s1.